The first-order chi connectivity index (χ1) is 9.78. The van der Waals surface area contributed by atoms with Crippen LogP contribution in [0.25, 0.3) is 0 Å². The monoisotopic (exact) mass is 302 g/mol. The summed E-state index contributed by atoms with van der Waals surface area (Å²) < 4.78 is 15.5. The van der Waals surface area contributed by atoms with Crippen LogP contribution in [0.2, 0.25) is 0 Å². The van der Waals surface area contributed by atoms with Gasteiger partial charge in [0.2, 0.25) is 0 Å². The first-order valence-electron chi connectivity index (χ1n) is 7.24. The number of amides is 1. The van der Waals surface area contributed by atoms with E-state index in [1.807, 2.05) is 0 Å². The molecule has 1 N–H and O–H groups in total. The lowest BCUT2D eigenvalue weighted by atomic mass is 10.2. The van der Waals surface area contributed by atoms with Gasteiger partial charge < -0.3 is 19.5 Å². The van der Waals surface area contributed by atoms with Crippen LogP contribution in [-0.2, 0) is 19.0 Å². The number of alkyl carbamates (subject to hydrolysis) is 1. The molecule has 21 heavy (non-hydrogen) atoms. The minimum Gasteiger partial charge on any atom is -0.463 e. The summed E-state index contributed by atoms with van der Waals surface area (Å²) in [6, 6.07) is -0.732. The number of morpholine rings is 1. The van der Waals surface area contributed by atoms with E-state index in [-0.39, 0.29) is 0 Å². The number of esters is 1. The SMILES string of the molecule is CC(NC(=O)OC(C)(C)C)C(=O)OCCN1CCOCC1. The lowest BCUT2D eigenvalue weighted by Crippen LogP contribution is -2.43. The summed E-state index contributed by atoms with van der Waals surface area (Å²) in [5.74, 6) is -0.464. The minimum atomic E-state index is -0.732. The fraction of sp³-hybridized carbons (Fsp3) is 0.857. The van der Waals surface area contributed by atoms with Crippen LogP contribution >= 0.6 is 0 Å². The molecule has 1 heterocycles. The summed E-state index contributed by atoms with van der Waals surface area (Å²) in [7, 11) is 0. The van der Waals surface area contributed by atoms with E-state index in [2.05, 4.69) is 10.2 Å². The fourth-order valence-corrected chi connectivity index (χ4v) is 1.77. The molecule has 1 aliphatic rings. The van der Waals surface area contributed by atoms with Crippen molar-refractivity contribution in [2.45, 2.75) is 39.3 Å². The molecule has 0 aliphatic carbocycles. The Morgan fingerprint density at radius 1 is 1.29 bits per heavy atom. The smallest absolute Gasteiger partial charge is 0.408 e. The average molecular weight is 302 g/mol. The Morgan fingerprint density at radius 3 is 2.48 bits per heavy atom. The maximum atomic E-state index is 11.8. The maximum Gasteiger partial charge on any atom is 0.408 e. The van der Waals surface area contributed by atoms with E-state index in [1.54, 1.807) is 27.7 Å². The van der Waals surface area contributed by atoms with Crippen molar-refractivity contribution in [3.05, 3.63) is 0 Å². The Balaban J connectivity index is 2.19. The Hall–Kier alpha value is -1.34. The van der Waals surface area contributed by atoms with Crippen LogP contribution in [0, 0.1) is 0 Å². The van der Waals surface area contributed by atoms with Gasteiger partial charge in [0.05, 0.1) is 13.2 Å². The number of rotatable bonds is 5. The third-order valence-corrected chi connectivity index (χ3v) is 2.84. The summed E-state index contributed by atoms with van der Waals surface area (Å²) in [5, 5.41) is 2.46. The number of ether oxygens (including phenoxy) is 3. The zero-order chi connectivity index (χ0) is 15.9. The molecule has 0 saturated carbocycles. The van der Waals surface area contributed by atoms with Crippen molar-refractivity contribution in [2.75, 3.05) is 39.5 Å². The molecule has 1 fully saturated rings. The molecular weight excluding hydrogens is 276 g/mol. The van der Waals surface area contributed by atoms with Crippen molar-refractivity contribution >= 4 is 12.1 Å². The van der Waals surface area contributed by atoms with Crippen molar-refractivity contribution in [1.82, 2.24) is 10.2 Å². The van der Waals surface area contributed by atoms with Crippen LogP contribution in [0.3, 0.4) is 0 Å². The quantitative estimate of drug-likeness (QED) is 0.756. The average Bonchev–Trinajstić information content (AvgIpc) is 2.37. The lowest BCUT2D eigenvalue weighted by Gasteiger charge is -2.26. The van der Waals surface area contributed by atoms with Gasteiger partial charge in [0.15, 0.2) is 0 Å². The Kier molecular flexibility index (Phi) is 6.91. The highest BCUT2D eigenvalue weighted by atomic mass is 16.6. The second-order valence-corrected chi connectivity index (χ2v) is 5.99. The van der Waals surface area contributed by atoms with Gasteiger partial charge in [-0.25, -0.2) is 9.59 Å². The van der Waals surface area contributed by atoms with Crippen LogP contribution in [-0.4, -0.2) is 68.1 Å². The lowest BCUT2D eigenvalue weighted by molar-refractivity contribution is -0.146. The second-order valence-electron chi connectivity index (χ2n) is 5.99. The van der Waals surface area contributed by atoms with Gasteiger partial charge in [-0.1, -0.05) is 0 Å². The van der Waals surface area contributed by atoms with E-state index in [4.69, 9.17) is 14.2 Å². The second kappa shape index (κ2) is 8.19. The van der Waals surface area contributed by atoms with Crippen molar-refractivity contribution in [1.29, 1.82) is 0 Å². The number of nitrogens with zero attached hydrogens (tertiary/aromatic N) is 1. The number of carbonyl (C=O) groups is 2. The predicted octanol–water partition coefficient (Wildman–Crippen LogP) is 0.775. The molecule has 0 radical (unpaired) electrons. The number of carbonyl (C=O) groups excluding carboxylic acids is 2. The molecule has 0 spiro atoms. The zero-order valence-corrected chi connectivity index (χ0v) is 13.3. The summed E-state index contributed by atoms with van der Waals surface area (Å²) in [6.45, 7) is 11.0. The molecule has 122 valence electrons. The fourth-order valence-electron chi connectivity index (χ4n) is 1.77. The number of hydrogen-bond acceptors (Lipinski definition) is 6. The molecule has 1 saturated heterocycles. The molecule has 7 nitrogen and oxygen atoms in total. The summed E-state index contributed by atoms with van der Waals surface area (Å²) in [4.78, 5) is 25.5. The van der Waals surface area contributed by atoms with Gasteiger partial charge in [-0.15, -0.1) is 0 Å². The van der Waals surface area contributed by atoms with Crippen molar-refractivity contribution in [3.8, 4) is 0 Å². The molecule has 7 heteroatoms. The van der Waals surface area contributed by atoms with Crippen LogP contribution in [0.4, 0.5) is 4.79 Å². The molecule has 1 atom stereocenters. The van der Waals surface area contributed by atoms with E-state index >= 15 is 0 Å². The van der Waals surface area contributed by atoms with Gasteiger partial charge in [-0.3, -0.25) is 4.90 Å². The van der Waals surface area contributed by atoms with Crippen LogP contribution in [0.15, 0.2) is 0 Å². The maximum absolute atomic E-state index is 11.8. The molecule has 0 aromatic heterocycles. The molecule has 0 bridgehead atoms. The molecule has 1 aliphatic heterocycles. The Morgan fingerprint density at radius 2 is 1.90 bits per heavy atom. The largest absolute Gasteiger partial charge is 0.463 e. The van der Waals surface area contributed by atoms with Crippen molar-refractivity contribution < 1.29 is 23.8 Å². The molecule has 1 unspecified atom stereocenters. The highest BCUT2D eigenvalue weighted by molar-refractivity contribution is 5.80. The van der Waals surface area contributed by atoms with Crippen LogP contribution in [0.5, 0.6) is 0 Å². The van der Waals surface area contributed by atoms with E-state index in [9.17, 15) is 9.59 Å². The van der Waals surface area contributed by atoms with Gasteiger partial charge in [0.25, 0.3) is 0 Å². The highest BCUT2D eigenvalue weighted by Gasteiger charge is 2.22. The highest BCUT2D eigenvalue weighted by Crippen LogP contribution is 2.06. The zero-order valence-electron chi connectivity index (χ0n) is 13.3. The third-order valence-electron chi connectivity index (χ3n) is 2.84. The summed E-state index contributed by atoms with van der Waals surface area (Å²) >= 11 is 0. The Labute approximate surface area is 125 Å². The standard InChI is InChI=1S/C14H26N2O5/c1-11(15-13(18)21-14(2,3)4)12(17)20-10-7-16-5-8-19-9-6-16/h11H,5-10H2,1-4H3,(H,15,18). The van der Waals surface area contributed by atoms with Gasteiger partial charge in [0, 0.05) is 19.6 Å². The molecular formula is C14H26N2O5. The van der Waals surface area contributed by atoms with E-state index in [0.29, 0.717) is 26.4 Å². The topological polar surface area (TPSA) is 77.1 Å². The van der Waals surface area contributed by atoms with Gasteiger partial charge in [0.1, 0.15) is 18.2 Å². The van der Waals surface area contributed by atoms with E-state index in [1.165, 1.54) is 0 Å². The number of nitrogens with one attached hydrogen (secondary N) is 1. The van der Waals surface area contributed by atoms with Crippen molar-refractivity contribution in [2.24, 2.45) is 0 Å². The van der Waals surface area contributed by atoms with E-state index < -0.39 is 23.7 Å². The molecule has 1 rings (SSSR count). The predicted molar refractivity (Wildman–Crippen MR) is 77.0 cm³/mol. The van der Waals surface area contributed by atoms with E-state index in [0.717, 1.165) is 13.1 Å². The van der Waals surface area contributed by atoms with Crippen molar-refractivity contribution in [3.63, 3.8) is 0 Å². The van der Waals surface area contributed by atoms with Gasteiger partial charge >= 0.3 is 12.1 Å². The Bertz CT molecular complexity index is 348. The van der Waals surface area contributed by atoms with Crippen LogP contribution in [0.1, 0.15) is 27.7 Å². The normalized spacial score (nSPS) is 17.9. The molecule has 0 aromatic rings. The molecule has 1 amide bonds. The minimum absolute atomic E-state index is 0.305. The summed E-state index contributed by atoms with van der Waals surface area (Å²) in [5.41, 5.74) is -0.593. The van der Waals surface area contributed by atoms with Gasteiger partial charge in [-0.05, 0) is 27.7 Å². The number of hydrogen-bond donors (Lipinski definition) is 1. The summed E-state index contributed by atoms with van der Waals surface area (Å²) in [6.07, 6.45) is -0.625. The first-order valence-corrected chi connectivity index (χ1v) is 7.24. The van der Waals surface area contributed by atoms with Gasteiger partial charge in [-0.2, -0.15) is 0 Å². The third kappa shape index (κ3) is 7.87. The van der Waals surface area contributed by atoms with Crippen LogP contribution < -0.4 is 5.32 Å². The molecule has 0 aromatic carbocycles. The first kappa shape index (κ1) is 17.7.